The van der Waals surface area contributed by atoms with Crippen LogP contribution < -0.4 is 5.32 Å². The molecule has 0 spiro atoms. The van der Waals surface area contributed by atoms with Crippen molar-refractivity contribution in [3.63, 3.8) is 0 Å². The van der Waals surface area contributed by atoms with E-state index in [0.29, 0.717) is 11.1 Å². The third-order valence-electron chi connectivity index (χ3n) is 2.63. The van der Waals surface area contributed by atoms with Crippen molar-refractivity contribution in [2.24, 2.45) is 0 Å². The summed E-state index contributed by atoms with van der Waals surface area (Å²) in [6.45, 7) is 0. The second kappa shape index (κ2) is 7.17. The number of hydrogen-bond acceptors (Lipinski definition) is 2. The molecular weight excluding hydrogens is 534 g/mol. The molecule has 21 heavy (non-hydrogen) atoms. The van der Waals surface area contributed by atoms with Gasteiger partial charge in [-0.2, -0.15) is 0 Å². The molecule has 0 saturated carbocycles. The fourth-order valence-electron chi connectivity index (χ4n) is 1.62. The summed E-state index contributed by atoms with van der Waals surface area (Å²) in [5.74, 6) is -0.601. The molecule has 2 aromatic rings. The summed E-state index contributed by atoms with van der Waals surface area (Å²) in [6.07, 6.45) is 0. The monoisotopic (exact) mass is 537 g/mol. The Hall–Kier alpha value is -0.500. The van der Waals surface area contributed by atoms with Gasteiger partial charge in [-0.25, -0.2) is 0 Å². The van der Waals surface area contributed by atoms with Crippen molar-refractivity contribution < 1.29 is 9.59 Å². The van der Waals surface area contributed by atoms with E-state index in [1.807, 2.05) is 12.1 Å². The second-order valence-corrected chi connectivity index (χ2v) is 7.28. The molecule has 0 aromatic heterocycles. The number of nitrogens with one attached hydrogen (secondary N) is 1. The highest BCUT2D eigenvalue weighted by Gasteiger charge is 2.25. The van der Waals surface area contributed by atoms with Crippen molar-refractivity contribution in [1.29, 1.82) is 0 Å². The smallest absolute Gasteiger partial charge is 0.258 e. The molecule has 2 aromatic carbocycles. The maximum Gasteiger partial charge on any atom is 0.258 e. The van der Waals surface area contributed by atoms with Crippen LogP contribution >= 0.6 is 63.7 Å². The number of hydrogen-bond donors (Lipinski definition) is 1. The van der Waals surface area contributed by atoms with Gasteiger partial charge in [-0.05, 0) is 88.0 Å². The summed E-state index contributed by atoms with van der Waals surface area (Å²) in [4.78, 5) is 21.9. The first-order valence-corrected chi connectivity index (χ1v) is 8.82. The molecule has 3 nitrogen and oxygen atoms in total. The van der Waals surface area contributed by atoms with Crippen molar-refractivity contribution in [2.75, 3.05) is 0 Å². The molecule has 0 bridgehead atoms. The van der Waals surface area contributed by atoms with Crippen LogP contribution in [0.3, 0.4) is 0 Å². The van der Waals surface area contributed by atoms with Gasteiger partial charge in [-0.3, -0.25) is 14.9 Å². The Balaban J connectivity index is 0.000000155. The quantitative estimate of drug-likeness (QED) is 0.280. The standard InChI is InChI=1S/C8H5NO2.C6H2Br4/c10-7-5-3-1-2-4-6(5)8(11)9-7;7-3-1-2-4(8)6(10)5(3)9/h1-4H,(H,9,10,11);1-2H. The molecule has 0 aliphatic carbocycles. The maximum absolute atomic E-state index is 10.9. The molecule has 1 aliphatic heterocycles. The summed E-state index contributed by atoms with van der Waals surface area (Å²) in [5, 5.41) is 2.20. The zero-order valence-corrected chi connectivity index (χ0v) is 16.6. The minimum atomic E-state index is -0.300. The van der Waals surface area contributed by atoms with Crippen molar-refractivity contribution >= 4 is 75.5 Å². The first-order valence-electron chi connectivity index (χ1n) is 5.65. The first kappa shape index (κ1) is 16.9. The van der Waals surface area contributed by atoms with Gasteiger partial charge in [0, 0.05) is 17.9 Å². The predicted molar refractivity (Wildman–Crippen MR) is 95.5 cm³/mol. The number of fused-ring (bicyclic) bond motifs is 1. The van der Waals surface area contributed by atoms with Gasteiger partial charge < -0.3 is 0 Å². The normalized spacial score (nSPS) is 12.4. The van der Waals surface area contributed by atoms with E-state index >= 15 is 0 Å². The molecule has 3 rings (SSSR count). The van der Waals surface area contributed by atoms with E-state index in [1.165, 1.54) is 0 Å². The van der Waals surface area contributed by atoms with E-state index in [9.17, 15) is 9.59 Å². The maximum atomic E-state index is 10.9. The molecule has 0 radical (unpaired) electrons. The lowest BCUT2D eigenvalue weighted by Crippen LogP contribution is -2.19. The molecule has 1 N–H and O–H groups in total. The van der Waals surface area contributed by atoms with Gasteiger partial charge >= 0.3 is 0 Å². The van der Waals surface area contributed by atoms with E-state index in [4.69, 9.17) is 0 Å². The van der Waals surface area contributed by atoms with Crippen molar-refractivity contribution in [2.45, 2.75) is 0 Å². The Morgan fingerprint density at radius 1 is 0.667 bits per heavy atom. The number of halogens is 4. The zero-order valence-electron chi connectivity index (χ0n) is 10.3. The molecule has 0 unspecified atom stereocenters. The number of benzene rings is 2. The highest BCUT2D eigenvalue weighted by molar-refractivity contribution is 9.15. The largest absolute Gasteiger partial charge is 0.288 e. The molecule has 0 fully saturated rings. The molecule has 1 heterocycles. The Morgan fingerprint density at radius 2 is 1.05 bits per heavy atom. The predicted octanol–water partition coefficient (Wildman–Crippen LogP) is 5.31. The summed E-state index contributed by atoms with van der Waals surface area (Å²) in [6, 6.07) is 10.7. The van der Waals surface area contributed by atoms with Crippen LogP contribution in [0, 0.1) is 0 Å². The van der Waals surface area contributed by atoms with Crippen LogP contribution in [-0.4, -0.2) is 11.8 Å². The van der Waals surface area contributed by atoms with Crippen LogP contribution in [0.25, 0.3) is 0 Å². The minimum absolute atomic E-state index is 0.300. The van der Waals surface area contributed by atoms with Crippen molar-refractivity contribution in [1.82, 2.24) is 5.32 Å². The van der Waals surface area contributed by atoms with Gasteiger partial charge in [0.05, 0.1) is 11.1 Å². The van der Waals surface area contributed by atoms with Crippen LogP contribution in [0.2, 0.25) is 0 Å². The Kier molecular flexibility index (Phi) is 5.76. The fourth-order valence-corrected chi connectivity index (χ4v) is 3.50. The average molecular weight is 541 g/mol. The van der Waals surface area contributed by atoms with Gasteiger partial charge in [0.25, 0.3) is 11.8 Å². The molecule has 1 aliphatic rings. The van der Waals surface area contributed by atoms with Gasteiger partial charge in [0.1, 0.15) is 0 Å². The number of carbonyl (C=O) groups excluding carboxylic acids is 2. The molecule has 108 valence electrons. The second-order valence-electron chi connectivity index (χ2n) is 3.99. The summed E-state index contributed by atoms with van der Waals surface area (Å²) >= 11 is 13.6. The number of imide groups is 1. The van der Waals surface area contributed by atoms with E-state index < -0.39 is 0 Å². The fraction of sp³-hybridized carbons (Fsp3) is 0. The van der Waals surface area contributed by atoms with Crippen molar-refractivity contribution in [3.05, 3.63) is 65.4 Å². The van der Waals surface area contributed by atoms with E-state index in [2.05, 4.69) is 69.0 Å². The number of rotatable bonds is 0. The summed E-state index contributed by atoms with van der Waals surface area (Å²) < 4.78 is 4.15. The summed E-state index contributed by atoms with van der Waals surface area (Å²) in [5.41, 5.74) is 0.940. The molecule has 2 amide bonds. The van der Waals surface area contributed by atoms with Crippen LogP contribution in [0.1, 0.15) is 20.7 Å². The Labute approximate surface area is 155 Å². The highest BCUT2D eigenvalue weighted by Crippen LogP contribution is 2.35. The Bertz CT molecular complexity index is 671. The molecule has 7 heteroatoms. The zero-order chi connectivity index (χ0) is 15.6. The van der Waals surface area contributed by atoms with Crippen LogP contribution in [0.5, 0.6) is 0 Å². The lowest BCUT2D eigenvalue weighted by Gasteiger charge is -2.00. The van der Waals surface area contributed by atoms with Gasteiger partial charge in [-0.1, -0.05) is 12.1 Å². The lowest BCUT2D eigenvalue weighted by molar-refractivity contribution is 0.0879. The third kappa shape index (κ3) is 3.83. The van der Waals surface area contributed by atoms with Crippen LogP contribution in [0.15, 0.2) is 54.3 Å². The molecule has 0 atom stereocenters. The SMILES string of the molecule is Brc1ccc(Br)c(Br)c1Br.O=C1NC(=O)c2ccccc21. The van der Waals surface area contributed by atoms with Gasteiger partial charge in [0.2, 0.25) is 0 Å². The third-order valence-corrected chi connectivity index (χ3v) is 7.20. The van der Waals surface area contributed by atoms with Gasteiger partial charge in [-0.15, -0.1) is 0 Å². The summed E-state index contributed by atoms with van der Waals surface area (Å²) in [7, 11) is 0. The highest BCUT2D eigenvalue weighted by atomic mass is 79.9. The Morgan fingerprint density at radius 3 is 1.43 bits per heavy atom. The van der Waals surface area contributed by atoms with Gasteiger partial charge in [0.15, 0.2) is 0 Å². The van der Waals surface area contributed by atoms with Crippen LogP contribution in [-0.2, 0) is 0 Å². The van der Waals surface area contributed by atoms with E-state index in [-0.39, 0.29) is 11.8 Å². The van der Waals surface area contributed by atoms with Crippen molar-refractivity contribution in [3.8, 4) is 0 Å². The topological polar surface area (TPSA) is 46.2 Å². The van der Waals surface area contributed by atoms with E-state index in [1.54, 1.807) is 24.3 Å². The van der Waals surface area contributed by atoms with Crippen LogP contribution in [0.4, 0.5) is 0 Å². The minimum Gasteiger partial charge on any atom is -0.288 e. The number of carbonyl (C=O) groups is 2. The first-order chi connectivity index (χ1) is 9.91. The molecular formula is C14H7Br4NO2. The van der Waals surface area contributed by atoms with E-state index in [0.717, 1.165) is 17.9 Å². The molecule has 0 saturated heterocycles. The average Bonchev–Trinajstić information content (AvgIpc) is 2.77. The number of amides is 2. The lowest BCUT2D eigenvalue weighted by atomic mass is 10.1.